The molecule has 0 spiro atoms. The van der Waals surface area contributed by atoms with Crippen LogP contribution >= 0.6 is 11.8 Å². The number of benzene rings is 2. The minimum absolute atomic E-state index is 0.0459. The molecule has 5 rings (SSSR count). The molecule has 0 N–H and O–H groups in total. The summed E-state index contributed by atoms with van der Waals surface area (Å²) in [5.41, 5.74) is 4.83. The van der Waals surface area contributed by atoms with Gasteiger partial charge >= 0.3 is 5.97 Å². The second-order valence-corrected chi connectivity index (χ2v) is 9.66. The largest absolute Gasteiger partial charge is 0.463 e. The van der Waals surface area contributed by atoms with Crippen LogP contribution in [0.5, 0.6) is 0 Å². The van der Waals surface area contributed by atoms with Gasteiger partial charge in [-0.3, -0.25) is 4.79 Å². The van der Waals surface area contributed by atoms with E-state index in [-0.39, 0.29) is 18.9 Å². The van der Waals surface area contributed by atoms with E-state index in [4.69, 9.17) is 14.5 Å². The van der Waals surface area contributed by atoms with E-state index < -0.39 is 12.0 Å². The Bertz CT molecular complexity index is 1230. The molecule has 7 nitrogen and oxygen atoms in total. The zero-order valence-electron chi connectivity index (χ0n) is 20.5. The summed E-state index contributed by atoms with van der Waals surface area (Å²) in [6.45, 7) is 6.39. The van der Waals surface area contributed by atoms with Crippen LogP contribution in [0.2, 0.25) is 0 Å². The number of ether oxygens (including phenoxy) is 2. The molecule has 1 amide bonds. The van der Waals surface area contributed by atoms with Crippen LogP contribution in [0.1, 0.15) is 36.1 Å². The standard InChI is InChI=1S/C28H29N3O4S/c1-3-35-27(33)24-25(20-7-5-4-6-8-20)29-28-31(26(24)21-11-9-19(2)10-12-21)22(18-36-28)17-23(32)30-13-15-34-16-14-30/h4-12,18,26H,3,13-17H2,1-2H3/t26-/m0/s1. The molecule has 36 heavy (non-hydrogen) atoms. The van der Waals surface area contributed by atoms with Gasteiger partial charge in [-0.15, -0.1) is 0 Å². The summed E-state index contributed by atoms with van der Waals surface area (Å²) < 4.78 is 11.0. The Balaban J connectivity index is 1.60. The number of carbonyl (C=O) groups is 2. The van der Waals surface area contributed by atoms with Crippen molar-refractivity contribution in [2.75, 3.05) is 32.9 Å². The number of amides is 1. The molecule has 3 heterocycles. The molecule has 186 valence electrons. The first-order chi connectivity index (χ1) is 17.6. The van der Waals surface area contributed by atoms with E-state index in [0.717, 1.165) is 27.6 Å². The van der Waals surface area contributed by atoms with Gasteiger partial charge in [0.05, 0.1) is 43.6 Å². The number of morpholine rings is 1. The van der Waals surface area contributed by atoms with Crippen LogP contribution in [-0.2, 0) is 19.1 Å². The van der Waals surface area contributed by atoms with Crippen LogP contribution in [0, 0.1) is 6.92 Å². The van der Waals surface area contributed by atoms with Crippen molar-refractivity contribution in [1.29, 1.82) is 0 Å². The molecule has 0 unspecified atom stereocenters. The molecule has 0 aliphatic carbocycles. The SMILES string of the molecule is CCOC(=O)C1=C(c2ccccc2)N=C2SC=C(CC(=O)N3CCOCC3)N2[C@H]1c1ccc(C)cc1. The Morgan fingerprint density at radius 3 is 2.50 bits per heavy atom. The normalized spacial score (nSPS) is 19.6. The lowest BCUT2D eigenvalue weighted by molar-refractivity contribution is -0.139. The van der Waals surface area contributed by atoms with Crippen LogP contribution in [0.15, 0.2) is 76.3 Å². The van der Waals surface area contributed by atoms with Crippen molar-refractivity contribution < 1.29 is 19.1 Å². The van der Waals surface area contributed by atoms with E-state index in [1.54, 1.807) is 6.92 Å². The van der Waals surface area contributed by atoms with Crippen LogP contribution < -0.4 is 0 Å². The van der Waals surface area contributed by atoms with Crippen molar-refractivity contribution in [3.63, 3.8) is 0 Å². The maximum Gasteiger partial charge on any atom is 0.338 e. The maximum atomic E-state index is 13.5. The van der Waals surface area contributed by atoms with Gasteiger partial charge in [0.1, 0.15) is 0 Å². The summed E-state index contributed by atoms with van der Waals surface area (Å²) in [4.78, 5) is 35.5. The third kappa shape index (κ3) is 4.83. The third-order valence-electron chi connectivity index (χ3n) is 6.44. The molecular weight excluding hydrogens is 474 g/mol. The molecule has 1 saturated heterocycles. The molecule has 0 saturated carbocycles. The number of esters is 1. The molecule has 0 aromatic heterocycles. The molecular formula is C28H29N3O4S. The van der Waals surface area contributed by atoms with Gasteiger partial charge in [0.25, 0.3) is 0 Å². The molecule has 2 aromatic rings. The van der Waals surface area contributed by atoms with Gasteiger partial charge in [-0.05, 0) is 24.8 Å². The van der Waals surface area contributed by atoms with Gasteiger partial charge in [-0.1, -0.05) is 71.9 Å². The summed E-state index contributed by atoms with van der Waals surface area (Å²) in [5, 5.41) is 2.73. The van der Waals surface area contributed by atoms with E-state index in [9.17, 15) is 9.59 Å². The fourth-order valence-electron chi connectivity index (χ4n) is 4.63. The summed E-state index contributed by atoms with van der Waals surface area (Å²) in [6, 6.07) is 17.4. The summed E-state index contributed by atoms with van der Waals surface area (Å²) in [5.74, 6) is -0.356. The number of amidine groups is 1. The predicted molar refractivity (Wildman–Crippen MR) is 141 cm³/mol. The van der Waals surface area contributed by atoms with Crippen LogP contribution in [-0.4, -0.2) is 59.8 Å². The fourth-order valence-corrected chi connectivity index (χ4v) is 5.55. The van der Waals surface area contributed by atoms with Crippen LogP contribution in [0.25, 0.3) is 5.70 Å². The minimum atomic E-state index is -0.467. The Kier molecular flexibility index (Phi) is 7.25. The molecule has 1 fully saturated rings. The van der Waals surface area contributed by atoms with Gasteiger partial charge in [0.15, 0.2) is 5.17 Å². The number of thioether (sulfide) groups is 1. The minimum Gasteiger partial charge on any atom is -0.463 e. The van der Waals surface area contributed by atoms with Crippen LogP contribution in [0.3, 0.4) is 0 Å². The first-order valence-electron chi connectivity index (χ1n) is 12.2. The molecule has 0 radical (unpaired) electrons. The smallest absolute Gasteiger partial charge is 0.338 e. The lowest BCUT2D eigenvalue weighted by Gasteiger charge is -2.37. The zero-order chi connectivity index (χ0) is 25.1. The van der Waals surface area contributed by atoms with Crippen LogP contribution in [0.4, 0.5) is 0 Å². The average molecular weight is 504 g/mol. The summed E-state index contributed by atoms with van der Waals surface area (Å²) >= 11 is 1.48. The maximum absolute atomic E-state index is 13.5. The molecule has 2 aromatic carbocycles. The highest BCUT2D eigenvalue weighted by Crippen LogP contribution is 2.47. The molecule has 0 bridgehead atoms. The Labute approximate surface area is 215 Å². The summed E-state index contributed by atoms with van der Waals surface area (Å²) in [6.07, 6.45) is 0.227. The van der Waals surface area contributed by atoms with E-state index in [1.807, 2.05) is 76.7 Å². The number of hydrogen-bond donors (Lipinski definition) is 0. The number of carbonyl (C=O) groups excluding carboxylic acids is 2. The van der Waals surface area contributed by atoms with Gasteiger partial charge in [-0.25, -0.2) is 9.79 Å². The van der Waals surface area contributed by atoms with Crippen molar-refractivity contribution in [1.82, 2.24) is 9.80 Å². The van der Waals surface area contributed by atoms with Crippen molar-refractivity contribution in [2.24, 2.45) is 4.99 Å². The number of hydrogen-bond acceptors (Lipinski definition) is 7. The number of aryl methyl sites for hydroxylation is 1. The number of aliphatic imine (C=N–C) groups is 1. The van der Waals surface area contributed by atoms with Gasteiger partial charge in [0, 0.05) is 24.4 Å². The van der Waals surface area contributed by atoms with Crippen molar-refractivity contribution >= 4 is 34.5 Å². The quantitative estimate of drug-likeness (QED) is 0.540. The van der Waals surface area contributed by atoms with E-state index in [1.165, 1.54) is 11.8 Å². The fraction of sp³-hybridized carbons (Fsp3) is 0.321. The Morgan fingerprint density at radius 1 is 1.08 bits per heavy atom. The number of nitrogens with zero attached hydrogens (tertiary/aromatic N) is 3. The van der Waals surface area contributed by atoms with E-state index in [0.29, 0.717) is 37.6 Å². The predicted octanol–water partition coefficient (Wildman–Crippen LogP) is 4.52. The highest BCUT2D eigenvalue weighted by atomic mass is 32.2. The van der Waals surface area contributed by atoms with E-state index >= 15 is 0 Å². The van der Waals surface area contributed by atoms with Gasteiger partial charge < -0.3 is 19.3 Å². The molecule has 3 aliphatic rings. The average Bonchev–Trinajstić information content (AvgIpc) is 3.31. The second-order valence-electron chi connectivity index (χ2n) is 8.82. The van der Waals surface area contributed by atoms with Gasteiger partial charge in [0.2, 0.25) is 5.91 Å². The summed E-state index contributed by atoms with van der Waals surface area (Å²) in [7, 11) is 0. The first-order valence-corrected chi connectivity index (χ1v) is 13.1. The van der Waals surface area contributed by atoms with E-state index in [2.05, 4.69) is 0 Å². The number of rotatable bonds is 6. The lowest BCUT2D eigenvalue weighted by Crippen LogP contribution is -2.42. The van der Waals surface area contributed by atoms with Crippen molar-refractivity contribution in [3.8, 4) is 0 Å². The van der Waals surface area contributed by atoms with Crippen molar-refractivity contribution in [2.45, 2.75) is 26.3 Å². The molecule has 1 atom stereocenters. The molecule has 3 aliphatic heterocycles. The zero-order valence-corrected chi connectivity index (χ0v) is 21.3. The van der Waals surface area contributed by atoms with Crippen molar-refractivity contribution in [3.05, 3.63) is 88.0 Å². The topological polar surface area (TPSA) is 71.4 Å². The molecule has 8 heteroatoms. The second kappa shape index (κ2) is 10.7. The highest BCUT2D eigenvalue weighted by Gasteiger charge is 2.42. The lowest BCUT2D eigenvalue weighted by atomic mass is 9.91. The highest BCUT2D eigenvalue weighted by molar-refractivity contribution is 8.16. The van der Waals surface area contributed by atoms with Gasteiger partial charge in [-0.2, -0.15) is 0 Å². The first kappa shape index (κ1) is 24.3. The third-order valence-corrected chi connectivity index (χ3v) is 7.33. The Morgan fingerprint density at radius 2 is 1.81 bits per heavy atom. The monoisotopic (exact) mass is 503 g/mol. The Hall–Kier alpha value is -3.36. The number of fused-ring (bicyclic) bond motifs is 1.